The molecule has 29 heavy (non-hydrogen) atoms. The van der Waals surface area contributed by atoms with Gasteiger partial charge in [-0.15, -0.1) is 0 Å². The van der Waals surface area contributed by atoms with Crippen LogP contribution in [0.1, 0.15) is 27.0 Å². The number of sulfonamides is 1. The lowest BCUT2D eigenvalue weighted by Gasteiger charge is -2.15. The van der Waals surface area contributed by atoms with Gasteiger partial charge in [-0.1, -0.05) is 41.9 Å². The maximum Gasteiger partial charge on any atom is 0.262 e. The minimum Gasteiger partial charge on any atom is -0.321 e. The van der Waals surface area contributed by atoms with Crippen molar-refractivity contribution in [2.24, 2.45) is 0 Å². The van der Waals surface area contributed by atoms with E-state index in [1.807, 2.05) is 19.9 Å². The fourth-order valence-electron chi connectivity index (χ4n) is 2.85. The van der Waals surface area contributed by atoms with Gasteiger partial charge >= 0.3 is 0 Å². The van der Waals surface area contributed by atoms with Crippen molar-refractivity contribution in [3.63, 3.8) is 0 Å². The molecule has 3 aromatic rings. The highest BCUT2D eigenvalue weighted by Crippen LogP contribution is 2.25. The third-order valence-corrected chi connectivity index (χ3v) is 6.55. The predicted octanol–water partition coefficient (Wildman–Crippen LogP) is 5.32. The molecule has 5 nitrogen and oxygen atoms in total. The number of carbonyl (C=O) groups excluding carboxylic acids is 1. The number of aryl methyl sites for hydroxylation is 2. The van der Waals surface area contributed by atoms with E-state index >= 15 is 0 Å². The van der Waals surface area contributed by atoms with Gasteiger partial charge in [-0.25, -0.2) is 8.42 Å². The van der Waals surface area contributed by atoms with Crippen molar-refractivity contribution in [1.29, 1.82) is 0 Å². The van der Waals surface area contributed by atoms with Gasteiger partial charge < -0.3 is 5.32 Å². The highest BCUT2D eigenvalue weighted by atomic mass is 35.5. The van der Waals surface area contributed by atoms with Gasteiger partial charge in [-0.2, -0.15) is 0 Å². The zero-order chi connectivity index (χ0) is 21.2. The first kappa shape index (κ1) is 20.9. The Balaban J connectivity index is 1.93. The second-order valence-corrected chi connectivity index (χ2v) is 8.83. The van der Waals surface area contributed by atoms with Crippen LogP contribution in [0.25, 0.3) is 0 Å². The number of rotatable bonds is 5. The fraction of sp³-hybridized carbons (Fsp3) is 0.136. The third kappa shape index (κ3) is 4.60. The van der Waals surface area contributed by atoms with E-state index in [4.69, 9.17) is 11.6 Å². The first-order valence-electron chi connectivity index (χ1n) is 8.94. The second-order valence-electron chi connectivity index (χ2n) is 6.77. The Morgan fingerprint density at radius 2 is 1.55 bits per heavy atom. The summed E-state index contributed by atoms with van der Waals surface area (Å²) in [5.41, 5.74) is 3.55. The molecule has 150 valence electrons. The summed E-state index contributed by atoms with van der Waals surface area (Å²) in [6.07, 6.45) is 0. The summed E-state index contributed by atoms with van der Waals surface area (Å²) in [4.78, 5) is 12.7. The van der Waals surface area contributed by atoms with Crippen molar-refractivity contribution in [3.8, 4) is 0 Å². The van der Waals surface area contributed by atoms with Crippen LogP contribution in [-0.2, 0) is 10.0 Å². The Morgan fingerprint density at radius 1 is 0.862 bits per heavy atom. The van der Waals surface area contributed by atoms with Gasteiger partial charge in [-0.05, 0) is 67.8 Å². The normalized spacial score (nSPS) is 11.2. The average Bonchev–Trinajstić information content (AvgIpc) is 2.67. The summed E-state index contributed by atoms with van der Waals surface area (Å²) in [5.74, 6) is -0.443. The molecule has 3 aromatic carbocycles. The number of hydrogen-bond donors (Lipinski definition) is 2. The van der Waals surface area contributed by atoms with Crippen LogP contribution in [-0.4, -0.2) is 14.3 Å². The standard InChI is InChI=1S/C22H21ClN2O3S/c1-14-7-6-10-19(16(14)3)25-29(27,28)21-13-17(12-11-15(21)2)22(26)24-20-9-5-4-8-18(20)23/h4-13,25H,1-3H3,(H,24,26). The molecular formula is C22H21ClN2O3S. The molecule has 0 unspecified atom stereocenters. The number of benzene rings is 3. The molecule has 0 bridgehead atoms. The largest absolute Gasteiger partial charge is 0.321 e. The smallest absolute Gasteiger partial charge is 0.262 e. The minimum atomic E-state index is -3.88. The van der Waals surface area contributed by atoms with Crippen molar-refractivity contribution in [1.82, 2.24) is 0 Å². The summed E-state index contributed by atoms with van der Waals surface area (Å²) in [7, 11) is -3.88. The van der Waals surface area contributed by atoms with E-state index in [0.717, 1.165) is 11.1 Å². The number of anilines is 2. The van der Waals surface area contributed by atoms with Crippen LogP contribution in [0.5, 0.6) is 0 Å². The summed E-state index contributed by atoms with van der Waals surface area (Å²) < 4.78 is 28.6. The van der Waals surface area contributed by atoms with Gasteiger partial charge in [0.25, 0.3) is 15.9 Å². The van der Waals surface area contributed by atoms with Gasteiger partial charge in [-0.3, -0.25) is 9.52 Å². The van der Waals surface area contributed by atoms with Gasteiger partial charge in [0.15, 0.2) is 0 Å². The Morgan fingerprint density at radius 3 is 2.28 bits per heavy atom. The van der Waals surface area contributed by atoms with Gasteiger partial charge in [0, 0.05) is 5.56 Å². The van der Waals surface area contributed by atoms with E-state index in [0.29, 0.717) is 22.0 Å². The van der Waals surface area contributed by atoms with E-state index in [-0.39, 0.29) is 10.5 Å². The molecule has 7 heteroatoms. The molecule has 1 amide bonds. The van der Waals surface area contributed by atoms with Crippen molar-refractivity contribution in [2.45, 2.75) is 25.7 Å². The number of carbonyl (C=O) groups is 1. The van der Waals surface area contributed by atoms with Crippen molar-refractivity contribution in [3.05, 3.63) is 87.9 Å². The number of para-hydroxylation sites is 1. The third-order valence-electron chi connectivity index (χ3n) is 4.71. The first-order chi connectivity index (χ1) is 13.7. The molecule has 0 aliphatic rings. The van der Waals surface area contributed by atoms with Gasteiger partial charge in [0.1, 0.15) is 0 Å². The van der Waals surface area contributed by atoms with E-state index in [2.05, 4.69) is 10.0 Å². The molecule has 0 atom stereocenters. The average molecular weight is 429 g/mol. The van der Waals surface area contributed by atoms with E-state index in [1.165, 1.54) is 6.07 Å². The zero-order valence-electron chi connectivity index (χ0n) is 16.3. The molecule has 0 heterocycles. The molecule has 0 spiro atoms. The van der Waals surface area contributed by atoms with E-state index in [9.17, 15) is 13.2 Å². The summed E-state index contributed by atoms with van der Waals surface area (Å²) >= 11 is 6.08. The van der Waals surface area contributed by atoms with E-state index < -0.39 is 15.9 Å². The maximum atomic E-state index is 13.0. The van der Waals surface area contributed by atoms with Gasteiger partial charge in [0.05, 0.1) is 21.3 Å². The molecule has 0 aliphatic heterocycles. The number of amides is 1. The van der Waals surface area contributed by atoms with Crippen LogP contribution in [0.2, 0.25) is 5.02 Å². The highest BCUT2D eigenvalue weighted by Gasteiger charge is 2.20. The monoisotopic (exact) mass is 428 g/mol. The Labute approximate surface area is 175 Å². The van der Waals surface area contributed by atoms with Crippen LogP contribution < -0.4 is 10.0 Å². The number of hydrogen-bond acceptors (Lipinski definition) is 3. The van der Waals surface area contributed by atoms with Crippen LogP contribution in [0.15, 0.2) is 65.6 Å². The van der Waals surface area contributed by atoms with Crippen LogP contribution in [0.3, 0.4) is 0 Å². The second kappa shape index (κ2) is 8.27. The molecule has 0 aliphatic carbocycles. The lowest BCUT2D eigenvalue weighted by Crippen LogP contribution is -2.17. The van der Waals surface area contributed by atoms with E-state index in [1.54, 1.807) is 55.5 Å². The molecule has 3 rings (SSSR count). The molecule has 0 radical (unpaired) electrons. The van der Waals surface area contributed by atoms with Crippen LogP contribution in [0, 0.1) is 20.8 Å². The topological polar surface area (TPSA) is 75.3 Å². The minimum absolute atomic E-state index is 0.0465. The fourth-order valence-corrected chi connectivity index (χ4v) is 4.43. The molecule has 2 N–H and O–H groups in total. The Hall–Kier alpha value is -2.83. The molecule has 0 aromatic heterocycles. The number of halogens is 1. The molecule has 0 saturated heterocycles. The van der Waals surface area contributed by atoms with Crippen molar-refractivity contribution >= 4 is 38.9 Å². The maximum absolute atomic E-state index is 13.0. The zero-order valence-corrected chi connectivity index (χ0v) is 17.9. The Bertz CT molecular complexity index is 1190. The lowest BCUT2D eigenvalue weighted by molar-refractivity contribution is 0.102. The summed E-state index contributed by atoms with van der Waals surface area (Å²) in [6, 6.07) is 16.8. The quantitative estimate of drug-likeness (QED) is 0.577. The first-order valence-corrected chi connectivity index (χ1v) is 10.8. The predicted molar refractivity (Wildman–Crippen MR) is 117 cm³/mol. The van der Waals surface area contributed by atoms with Gasteiger partial charge in [0.2, 0.25) is 0 Å². The van der Waals surface area contributed by atoms with Crippen molar-refractivity contribution < 1.29 is 13.2 Å². The Kier molecular flexibility index (Phi) is 5.96. The molecule has 0 saturated carbocycles. The number of nitrogens with one attached hydrogen (secondary N) is 2. The highest BCUT2D eigenvalue weighted by molar-refractivity contribution is 7.92. The summed E-state index contributed by atoms with van der Waals surface area (Å²) in [6.45, 7) is 5.46. The SMILES string of the molecule is Cc1ccc(C(=O)Nc2ccccc2Cl)cc1S(=O)(=O)Nc1cccc(C)c1C. The lowest BCUT2D eigenvalue weighted by atomic mass is 10.1. The summed E-state index contributed by atoms with van der Waals surface area (Å²) in [5, 5.41) is 3.11. The van der Waals surface area contributed by atoms with Crippen LogP contribution in [0.4, 0.5) is 11.4 Å². The van der Waals surface area contributed by atoms with Crippen LogP contribution >= 0.6 is 11.6 Å². The molecule has 0 fully saturated rings. The van der Waals surface area contributed by atoms with Crippen molar-refractivity contribution in [2.75, 3.05) is 10.0 Å². The molecular weight excluding hydrogens is 408 g/mol.